The van der Waals surface area contributed by atoms with E-state index >= 15 is 0 Å². The summed E-state index contributed by atoms with van der Waals surface area (Å²) in [5.74, 6) is -1.67. The Bertz CT molecular complexity index is 422. The number of carboxylic acids is 1. The molecule has 0 aliphatic carbocycles. The first-order valence-corrected chi connectivity index (χ1v) is 8.14. The van der Waals surface area contributed by atoms with Gasteiger partial charge in [-0.15, -0.1) is 0 Å². The zero-order valence-corrected chi connectivity index (χ0v) is 14.0. The number of likely N-dealkylation sites (N-methyl/N-ethyl adjacent to an activating group) is 1. The molecule has 6 nitrogen and oxygen atoms in total. The number of carboxylic acid groups (broad SMARTS) is 1. The van der Waals surface area contributed by atoms with Crippen molar-refractivity contribution >= 4 is 17.8 Å². The molecule has 2 unspecified atom stereocenters. The van der Waals surface area contributed by atoms with Gasteiger partial charge in [0, 0.05) is 19.6 Å². The monoisotopic (exact) mass is 312 g/mol. The van der Waals surface area contributed by atoms with Gasteiger partial charge in [0.25, 0.3) is 0 Å². The van der Waals surface area contributed by atoms with Crippen LogP contribution in [0.15, 0.2) is 0 Å². The zero-order valence-electron chi connectivity index (χ0n) is 14.0. The lowest BCUT2D eigenvalue weighted by molar-refractivity contribution is -0.148. The normalized spacial score (nSPS) is 19.6. The standard InChI is InChI=1S/C16H28N2O4/c1-5-8-17(6-2)16(22)14(11(3)4)18-9-7-12(15(18)21)10-13(19)20/h11-12,14H,5-10H2,1-4H3,(H,19,20). The molecule has 1 N–H and O–H groups in total. The molecule has 0 aromatic rings. The minimum atomic E-state index is -0.964. The van der Waals surface area contributed by atoms with Crippen molar-refractivity contribution < 1.29 is 19.5 Å². The molecule has 2 atom stereocenters. The predicted octanol–water partition coefficient (Wildman–Crippen LogP) is 1.59. The molecule has 0 saturated carbocycles. The van der Waals surface area contributed by atoms with E-state index in [2.05, 4.69) is 0 Å². The Kier molecular flexibility index (Phi) is 6.84. The smallest absolute Gasteiger partial charge is 0.304 e. The van der Waals surface area contributed by atoms with Crippen LogP contribution in [-0.4, -0.2) is 58.4 Å². The van der Waals surface area contributed by atoms with E-state index in [0.29, 0.717) is 26.1 Å². The number of carbonyl (C=O) groups excluding carboxylic acids is 2. The van der Waals surface area contributed by atoms with Crippen molar-refractivity contribution in [2.75, 3.05) is 19.6 Å². The second-order valence-corrected chi connectivity index (χ2v) is 6.22. The third-order valence-corrected chi connectivity index (χ3v) is 4.18. The topological polar surface area (TPSA) is 77.9 Å². The lowest BCUT2D eigenvalue weighted by atomic mass is 10.00. The lowest BCUT2D eigenvalue weighted by Gasteiger charge is -2.34. The average Bonchev–Trinajstić information content (AvgIpc) is 2.77. The van der Waals surface area contributed by atoms with E-state index in [-0.39, 0.29) is 24.2 Å². The summed E-state index contributed by atoms with van der Waals surface area (Å²) in [5, 5.41) is 8.89. The van der Waals surface area contributed by atoms with Gasteiger partial charge in [-0.05, 0) is 25.7 Å². The maximum atomic E-state index is 12.8. The van der Waals surface area contributed by atoms with Crippen LogP contribution in [0, 0.1) is 11.8 Å². The van der Waals surface area contributed by atoms with E-state index in [1.54, 1.807) is 9.80 Å². The van der Waals surface area contributed by atoms with Gasteiger partial charge in [-0.1, -0.05) is 20.8 Å². The third kappa shape index (κ3) is 4.21. The van der Waals surface area contributed by atoms with E-state index in [1.165, 1.54) is 0 Å². The summed E-state index contributed by atoms with van der Waals surface area (Å²) >= 11 is 0. The van der Waals surface area contributed by atoms with Crippen molar-refractivity contribution in [1.29, 1.82) is 0 Å². The Labute approximate surface area is 132 Å². The minimum absolute atomic E-state index is 0.00549. The number of nitrogens with zero attached hydrogens (tertiary/aromatic N) is 2. The Morgan fingerprint density at radius 1 is 1.36 bits per heavy atom. The fourth-order valence-corrected chi connectivity index (χ4v) is 3.10. The van der Waals surface area contributed by atoms with E-state index in [0.717, 1.165) is 6.42 Å². The summed E-state index contributed by atoms with van der Waals surface area (Å²) in [4.78, 5) is 39.5. The molecule has 0 spiro atoms. The first-order valence-electron chi connectivity index (χ1n) is 8.14. The number of carbonyl (C=O) groups is 3. The molecule has 1 aliphatic rings. The molecular weight excluding hydrogens is 284 g/mol. The molecule has 1 fully saturated rings. The van der Waals surface area contributed by atoms with Gasteiger partial charge in [-0.25, -0.2) is 0 Å². The predicted molar refractivity (Wildman–Crippen MR) is 83.2 cm³/mol. The van der Waals surface area contributed by atoms with Crippen LogP contribution in [0.3, 0.4) is 0 Å². The van der Waals surface area contributed by atoms with Gasteiger partial charge in [0.05, 0.1) is 12.3 Å². The Morgan fingerprint density at radius 2 is 2.00 bits per heavy atom. The third-order valence-electron chi connectivity index (χ3n) is 4.18. The van der Waals surface area contributed by atoms with Gasteiger partial charge in [0.2, 0.25) is 11.8 Å². The van der Waals surface area contributed by atoms with Crippen molar-refractivity contribution in [1.82, 2.24) is 9.80 Å². The van der Waals surface area contributed by atoms with Crippen molar-refractivity contribution in [2.45, 2.75) is 53.0 Å². The van der Waals surface area contributed by atoms with E-state index in [1.807, 2.05) is 27.7 Å². The maximum Gasteiger partial charge on any atom is 0.304 e. The van der Waals surface area contributed by atoms with Crippen molar-refractivity contribution in [3.05, 3.63) is 0 Å². The lowest BCUT2D eigenvalue weighted by Crippen LogP contribution is -2.52. The first-order chi connectivity index (χ1) is 10.3. The molecule has 0 aromatic carbocycles. The van der Waals surface area contributed by atoms with Crippen LogP contribution in [0.25, 0.3) is 0 Å². The van der Waals surface area contributed by atoms with Crippen molar-refractivity contribution in [2.24, 2.45) is 11.8 Å². The molecule has 0 aromatic heterocycles. The molecule has 6 heteroatoms. The number of amides is 2. The second kappa shape index (κ2) is 8.15. The first kappa shape index (κ1) is 18.5. The van der Waals surface area contributed by atoms with Gasteiger partial charge in [0.1, 0.15) is 6.04 Å². The second-order valence-electron chi connectivity index (χ2n) is 6.22. The number of aliphatic carboxylic acids is 1. The molecule has 1 saturated heterocycles. The Balaban J connectivity index is 2.90. The van der Waals surface area contributed by atoms with Crippen LogP contribution in [0.2, 0.25) is 0 Å². The average molecular weight is 312 g/mol. The number of rotatable bonds is 8. The van der Waals surface area contributed by atoms with Crippen LogP contribution in [-0.2, 0) is 14.4 Å². The summed E-state index contributed by atoms with van der Waals surface area (Å²) < 4.78 is 0. The highest BCUT2D eigenvalue weighted by Crippen LogP contribution is 2.27. The zero-order chi connectivity index (χ0) is 16.9. The van der Waals surface area contributed by atoms with Crippen LogP contribution >= 0.6 is 0 Å². The molecule has 1 aliphatic heterocycles. The van der Waals surface area contributed by atoms with Crippen molar-refractivity contribution in [3.8, 4) is 0 Å². The van der Waals surface area contributed by atoms with Gasteiger partial charge in [-0.2, -0.15) is 0 Å². The number of hydrogen-bond acceptors (Lipinski definition) is 3. The highest BCUT2D eigenvalue weighted by Gasteiger charge is 2.41. The Morgan fingerprint density at radius 3 is 2.45 bits per heavy atom. The van der Waals surface area contributed by atoms with Crippen molar-refractivity contribution in [3.63, 3.8) is 0 Å². The van der Waals surface area contributed by atoms with Gasteiger partial charge >= 0.3 is 5.97 Å². The molecule has 2 amide bonds. The number of hydrogen-bond donors (Lipinski definition) is 1. The largest absolute Gasteiger partial charge is 0.481 e. The molecule has 22 heavy (non-hydrogen) atoms. The minimum Gasteiger partial charge on any atom is -0.481 e. The maximum absolute atomic E-state index is 12.8. The molecule has 126 valence electrons. The fraction of sp³-hybridized carbons (Fsp3) is 0.812. The Hall–Kier alpha value is -1.59. The quantitative estimate of drug-likeness (QED) is 0.738. The van der Waals surface area contributed by atoms with Gasteiger partial charge < -0.3 is 14.9 Å². The molecular formula is C16H28N2O4. The summed E-state index contributed by atoms with van der Waals surface area (Å²) in [5.41, 5.74) is 0. The SMILES string of the molecule is CCCN(CC)C(=O)C(C(C)C)N1CCC(CC(=O)O)C1=O. The van der Waals surface area contributed by atoms with Gasteiger partial charge in [0.15, 0.2) is 0 Å². The van der Waals surface area contributed by atoms with Crippen LogP contribution in [0.4, 0.5) is 0 Å². The molecule has 0 radical (unpaired) electrons. The summed E-state index contributed by atoms with van der Waals surface area (Å²) in [6, 6.07) is -0.488. The van der Waals surface area contributed by atoms with Gasteiger partial charge in [-0.3, -0.25) is 14.4 Å². The summed E-state index contributed by atoms with van der Waals surface area (Å²) in [7, 11) is 0. The van der Waals surface area contributed by atoms with Crippen LogP contribution < -0.4 is 0 Å². The van der Waals surface area contributed by atoms with Crippen LogP contribution in [0.5, 0.6) is 0 Å². The summed E-state index contributed by atoms with van der Waals surface area (Å²) in [6.07, 6.45) is 1.24. The van der Waals surface area contributed by atoms with E-state index in [4.69, 9.17) is 5.11 Å². The molecule has 1 heterocycles. The molecule has 0 bridgehead atoms. The summed E-state index contributed by atoms with van der Waals surface area (Å²) in [6.45, 7) is 9.58. The number of likely N-dealkylation sites (tertiary alicyclic amines) is 1. The highest BCUT2D eigenvalue weighted by molar-refractivity contribution is 5.91. The van der Waals surface area contributed by atoms with E-state index in [9.17, 15) is 14.4 Å². The van der Waals surface area contributed by atoms with Crippen LogP contribution in [0.1, 0.15) is 47.0 Å². The van der Waals surface area contributed by atoms with E-state index < -0.39 is 17.9 Å². The highest BCUT2D eigenvalue weighted by atomic mass is 16.4. The molecule has 1 rings (SSSR count). The fourth-order valence-electron chi connectivity index (χ4n) is 3.10.